The fourth-order valence-electron chi connectivity index (χ4n) is 4.03. The van der Waals surface area contributed by atoms with Gasteiger partial charge in [0.25, 0.3) is 0 Å². The third-order valence-electron chi connectivity index (χ3n) is 5.58. The van der Waals surface area contributed by atoms with Gasteiger partial charge in [0.05, 0.1) is 0 Å². The van der Waals surface area contributed by atoms with Gasteiger partial charge in [-0.05, 0) is 36.8 Å². The number of carbonyl (C=O) groups is 1. The van der Waals surface area contributed by atoms with Crippen molar-refractivity contribution in [2.45, 2.75) is 38.3 Å². The van der Waals surface area contributed by atoms with Crippen LogP contribution < -0.4 is 5.43 Å². The fourth-order valence-corrected chi connectivity index (χ4v) is 4.03. The predicted molar refractivity (Wildman–Crippen MR) is 96.6 cm³/mol. The molecule has 2 heterocycles. The Hall–Kier alpha value is -1.69. The summed E-state index contributed by atoms with van der Waals surface area (Å²) in [6.07, 6.45) is 6.03. The molecule has 1 aliphatic carbocycles. The summed E-state index contributed by atoms with van der Waals surface area (Å²) in [5, 5.41) is 11.5. The van der Waals surface area contributed by atoms with Gasteiger partial charge in [0.1, 0.15) is 0 Å². The fraction of sp³-hybridized carbons (Fsp3) is 0.550. The van der Waals surface area contributed by atoms with E-state index in [0.29, 0.717) is 24.9 Å². The number of hydrogen-bond donors (Lipinski definition) is 2. The molecule has 0 spiro atoms. The molecule has 5 heteroatoms. The van der Waals surface area contributed by atoms with Crippen LogP contribution in [0.25, 0.3) is 0 Å². The summed E-state index contributed by atoms with van der Waals surface area (Å²) in [6, 6.07) is 8.57. The van der Waals surface area contributed by atoms with Crippen molar-refractivity contribution in [3.05, 3.63) is 47.0 Å². The van der Waals surface area contributed by atoms with Crippen LogP contribution in [0.4, 0.5) is 0 Å². The van der Waals surface area contributed by atoms with Crippen molar-refractivity contribution in [2.75, 3.05) is 26.2 Å². The Morgan fingerprint density at radius 1 is 1.24 bits per heavy atom. The minimum absolute atomic E-state index is 0.143. The summed E-state index contributed by atoms with van der Waals surface area (Å²) >= 11 is 0. The largest absolute Gasteiger partial charge is 0.396 e. The van der Waals surface area contributed by atoms with Gasteiger partial charge in [-0.2, -0.15) is 0 Å². The molecule has 1 saturated heterocycles. The molecule has 2 bridgehead atoms. The average molecular weight is 341 g/mol. The highest BCUT2D eigenvalue weighted by Gasteiger charge is 2.38. The number of hydrazine groups is 1. The van der Waals surface area contributed by atoms with Gasteiger partial charge in [-0.1, -0.05) is 30.3 Å². The maximum atomic E-state index is 13.3. The normalized spacial score (nSPS) is 25.4. The second-order valence-corrected chi connectivity index (χ2v) is 7.36. The van der Waals surface area contributed by atoms with E-state index in [9.17, 15) is 9.90 Å². The van der Waals surface area contributed by atoms with Gasteiger partial charge in [-0.25, -0.2) is 5.01 Å². The van der Waals surface area contributed by atoms with Crippen LogP contribution >= 0.6 is 0 Å². The maximum absolute atomic E-state index is 13.3. The molecule has 2 unspecified atom stereocenters. The lowest BCUT2D eigenvalue weighted by Gasteiger charge is -2.39. The van der Waals surface area contributed by atoms with E-state index in [1.54, 1.807) is 0 Å². The van der Waals surface area contributed by atoms with Crippen molar-refractivity contribution in [2.24, 2.45) is 5.92 Å². The zero-order valence-corrected chi connectivity index (χ0v) is 14.7. The van der Waals surface area contributed by atoms with E-state index in [1.807, 2.05) is 12.1 Å². The first-order chi connectivity index (χ1) is 12.3. The number of nitrogens with one attached hydrogen (secondary N) is 1. The number of fused-ring (bicyclic) bond motifs is 2. The van der Waals surface area contributed by atoms with Crippen molar-refractivity contribution >= 4 is 5.91 Å². The van der Waals surface area contributed by atoms with Gasteiger partial charge in [0.15, 0.2) is 0 Å². The first kappa shape index (κ1) is 16.8. The van der Waals surface area contributed by atoms with Crippen molar-refractivity contribution in [3.63, 3.8) is 0 Å². The summed E-state index contributed by atoms with van der Waals surface area (Å²) in [4.78, 5) is 15.4. The van der Waals surface area contributed by atoms with Gasteiger partial charge >= 0.3 is 0 Å². The molecule has 1 amide bonds. The second kappa shape index (κ2) is 7.28. The molecule has 2 atom stereocenters. The number of benzene rings is 1. The summed E-state index contributed by atoms with van der Waals surface area (Å²) in [6.45, 7) is 3.52. The summed E-state index contributed by atoms with van der Waals surface area (Å²) in [7, 11) is 0. The molecule has 5 nitrogen and oxygen atoms in total. The van der Waals surface area contributed by atoms with Gasteiger partial charge in [0.2, 0.25) is 5.91 Å². The molecule has 1 aromatic carbocycles. The molecule has 2 aliphatic heterocycles. The average Bonchev–Trinajstić information content (AvgIpc) is 3.46. The third-order valence-corrected chi connectivity index (χ3v) is 5.58. The molecule has 2 N–H and O–H groups in total. The highest BCUT2D eigenvalue weighted by Crippen LogP contribution is 2.33. The molecule has 2 fully saturated rings. The molecule has 0 aromatic heterocycles. The lowest BCUT2D eigenvalue weighted by atomic mass is 9.89. The Bertz CT molecular complexity index is 669. The minimum atomic E-state index is 0.143. The van der Waals surface area contributed by atoms with E-state index in [4.69, 9.17) is 0 Å². The lowest BCUT2D eigenvalue weighted by Crippen LogP contribution is -2.52. The minimum Gasteiger partial charge on any atom is -0.396 e. The third kappa shape index (κ3) is 3.64. The number of carbonyl (C=O) groups excluding carboxylic acids is 1. The van der Waals surface area contributed by atoms with E-state index in [2.05, 4.69) is 33.5 Å². The van der Waals surface area contributed by atoms with E-state index < -0.39 is 0 Å². The molecule has 4 rings (SSSR count). The second-order valence-electron chi connectivity index (χ2n) is 7.36. The highest BCUT2D eigenvalue weighted by molar-refractivity contribution is 5.94. The number of amides is 1. The first-order valence-electron chi connectivity index (χ1n) is 9.43. The van der Waals surface area contributed by atoms with Crippen molar-refractivity contribution in [1.82, 2.24) is 15.3 Å². The summed E-state index contributed by atoms with van der Waals surface area (Å²) < 4.78 is 0. The van der Waals surface area contributed by atoms with Crippen LogP contribution in [0.15, 0.2) is 35.9 Å². The molecule has 134 valence electrons. The van der Waals surface area contributed by atoms with E-state index in [0.717, 1.165) is 50.0 Å². The van der Waals surface area contributed by atoms with Crippen LogP contribution in [0, 0.1) is 5.92 Å². The van der Waals surface area contributed by atoms with Gasteiger partial charge in [-0.15, -0.1) is 0 Å². The monoisotopic (exact) mass is 341 g/mol. The Morgan fingerprint density at radius 2 is 2.04 bits per heavy atom. The zero-order chi connectivity index (χ0) is 17.2. The van der Waals surface area contributed by atoms with Crippen LogP contribution in [-0.4, -0.2) is 53.2 Å². The van der Waals surface area contributed by atoms with Crippen LogP contribution in [0.5, 0.6) is 0 Å². The molecule has 0 radical (unpaired) electrons. The summed E-state index contributed by atoms with van der Waals surface area (Å²) in [5.74, 6) is 0.587. The lowest BCUT2D eigenvalue weighted by molar-refractivity contribution is -0.129. The number of hydrogen-bond acceptors (Lipinski definition) is 4. The van der Waals surface area contributed by atoms with Crippen LogP contribution in [0.2, 0.25) is 0 Å². The van der Waals surface area contributed by atoms with Crippen LogP contribution in [0.3, 0.4) is 0 Å². The van der Waals surface area contributed by atoms with E-state index in [-0.39, 0.29) is 12.5 Å². The Balaban J connectivity index is 1.55. The van der Waals surface area contributed by atoms with E-state index in [1.165, 1.54) is 5.56 Å². The van der Waals surface area contributed by atoms with Gasteiger partial charge in [-0.3, -0.25) is 10.2 Å². The molecule has 25 heavy (non-hydrogen) atoms. The van der Waals surface area contributed by atoms with Crippen molar-refractivity contribution in [3.8, 4) is 0 Å². The maximum Gasteiger partial charge on any atom is 0.250 e. The van der Waals surface area contributed by atoms with Crippen LogP contribution in [-0.2, 0) is 17.8 Å². The Morgan fingerprint density at radius 3 is 2.80 bits per heavy atom. The molecule has 3 aliphatic rings. The molecule has 1 aromatic rings. The molecular formula is C20H27N3O2. The standard InChI is InChI=1S/C20H27N3O2/c24-12-9-15-3-1-2-4-16(15)14-23(18-5-6-18)20(25)19-8-11-22-13-17(19)7-10-21-22/h1-4,8,17-18,21,24H,5-7,9-14H2. The topological polar surface area (TPSA) is 55.8 Å². The number of aliphatic hydroxyl groups is 1. The SMILES string of the molecule is O=C(C1=CCN2CC1CCN2)N(Cc1ccccc1CCO)C1CC1. The number of nitrogens with zero attached hydrogens (tertiary/aromatic N) is 2. The highest BCUT2D eigenvalue weighted by atomic mass is 16.3. The van der Waals surface area contributed by atoms with Gasteiger partial charge < -0.3 is 10.0 Å². The van der Waals surface area contributed by atoms with E-state index >= 15 is 0 Å². The number of aliphatic hydroxyl groups excluding tert-OH is 1. The van der Waals surface area contributed by atoms with Gasteiger partial charge in [0, 0.05) is 50.3 Å². The van der Waals surface area contributed by atoms with Crippen molar-refractivity contribution < 1.29 is 9.90 Å². The summed E-state index contributed by atoms with van der Waals surface area (Å²) in [5.41, 5.74) is 6.71. The predicted octanol–water partition coefficient (Wildman–Crippen LogP) is 1.48. The number of rotatable bonds is 6. The van der Waals surface area contributed by atoms with Crippen molar-refractivity contribution in [1.29, 1.82) is 0 Å². The van der Waals surface area contributed by atoms with Crippen LogP contribution in [0.1, 0.15) is 30.4 Å². The Kier molecular flexibility index (Phi) is 4.88. The molecule has 1 saturated carbocycles. The molecular weight excluding hydrogens is 314 g/mol. The quantitative estimate of drug-likeness (QED) is 0.823. The smallest absolute Gasteiger partial charge is 0.250 e. The Labute approximate surface area is 149 Å². The first-order valence-corrected chi connectivity index (χ1v) is 9.43. The zero-order valence-electron chi connectivity index (χ0n) is 14.7.